The first-order valence-electron chi connectivity index (χ1n) is 9.83. The summed E-state index contributed by atoms with van der Waals surface area (Å²) >= 11 is 6.35. The number of nitrogens with one attached hydrogen (secondary N) is 1. The first-order chi connectivity index (χ1) is 14.6. The van der Waals surface area contributed by atoms with Crippen molar-refractivity contribution in [2.75, 3.05) is 13.7 Å². The summed E-state index contributed by atoms with van der Waals surface area (Å²) in [6, 6.07) is 15.2. The molecule has 0 fully saturated rings. The zero-order valence-corrected chi connectivity index (χ0v) is 17.3. The fourth-order valence-corrected chi connectivity index (χ4v) is 3.95. The summed E-state index contributed by atoms with van der Waals surface area (Å²) in [7, 11) is 1.51. The number of para-hydroxylation sites is 1. The SMILES string of the molecule is CNC(=O)COC(=O)c1c2c(nc3ccccc13)/C(=C/c1ccccc1Cl)CCC2. The smallest absolute Gasteiger partial charge is 0.339 e. The van der Waals surface area contributed by atoms with E-state index in [1.807, 2.05) is 54.6 Å². The first-order valence-corrected chi connectivity index (χ1v) is 10.2. The molecule has 1 aliphatic rings. The van der Waals surface area contributed by atoms with Crippen LogP contribution in [0.25, 0.3) is 22.6 Å². The minimum Gasteiger partial charge on any atom is -0.452 e. The van der Waals surface area contributed by atoms with Gasteiger partial charge in [0.05, 0.1) is 16.8 Å². The fourth-order valence-electron chi connectivity index (χ4n) is 3.76. The van der Waals surface area contributed by atoms with E-state index in [0.717, 1.165) is 52.6 Å². The van der Waals surface area contributed by atoms with Crippen LogP contribution in [0.5, 0.6) is 0 Å². The number of aromatic nitrogens is 1. The molecule has 0 unspecified atom stereocenters. The van der Waals surface area contributed by atoms with Crippen molar-refractivity contribution in [2.45, 2.75) is 19.3 Å². The molecule has 0 bridgehead atoms. The van der Waals surface area contributed by atoms with Crippen LogP contribution < -0.4 is 5.32 Å². The highest BCUT2D eigenvalue weighted by molar-refractivity contribution is 6.32. The number of allylic oxidation sites excluding steroid dienone is 1. The summed E-state index contributed by atoms with van der Waals surface area (Å²) in [6.07, 6.45) is 4.49. The monoisotopic (exact) mass is 420 g/mol. The number of benzene rings is 2. The van der Waals surface area contributed by atoms with Gasteiger partial charge in [-0.05, 0) is 54.2 Å². The van der Waals surface area contributed by atoms with Crippen LogP contribution in [0.1, 0.15) is 40.0 Å². The average Bonchev–Trinajstić information content (AvgIpc) is 2.77. The largest absolute Gasteiger partial charge is 0.452 e. The van der Waals surface area contributed by atoms with Crippen molar-refractivity contribution >= 4 is 46.0 Å². The second kappa shape index (κ2) is 8.67. The van der Waals surface area contributed by atoms with Crippen molar-refractivity contribution in [1.29, 1.82) is 0 Å². The van der Waals surface area contributed by atoms with Gasteiger partial charge in [0.1, 0.15) is 0 Å². The standard InChI is InChI=1S/C24H21ClN2O3/c1-26-21(28)14-30-24(29)22-17-9-3-5-12-20(17)27-23-16(8-6-10-18(22)23)13-15-7-2-4-11-19(15)25/h2-5,7,9,11-13H,6,8,10,14H2,1H3,(H,26,28)/b16-13+. The first kappa shape index (κ1) is 20.1. The number of rotatable bonds is 4. The molecule has 6 heteroatoms. The molecule has 0 atom stereocenters. The van der Waals surface area contributed by atoms with Crippen molar-refractivity contribution in [3.8, 4) is 0 Å². The lowest BCUT2D eigenvalue weighted by Gasteiger charge is -2.22. The van der Waals surface area contributed by atoms with Gasteiger partial charge in [-0.25, -0.2) is 9.78 Å². The molecule has 0 saturated heterocycles. The van der Waals surface area contributed by atoms with Gasteiger partial charge in [0.15, 0.2) is 6.61 Å². The van der Waals surface area contributed by atoms with E-state index in [4.69, 9.17) is 21.3 Å². The van der Waals surface area contributed by atoms with Crippen molar-refractivity contribution in [3.05, 3.63) is 75.9 Å². The molecule has 1 heterocycles. The fraction of sp³-hybridized carbons (Fsp3) is 0.208. The van der Waals surface area contributed by atoms with Gasteiger partial charge in [0.2, 0.25) is 0 Å². The maximum absolute atomic E-state index is 13.0. The Kier molecular flexibility index (Phi) is 5.81. The van der Waals surface area contributed by atoms with Crippen molar-refractivity contribution < 1.29 is 14.3 Å². The van der Waals surface area contributed by atoms with Gasteiger partial charge >= 0.3 is 5.97 Å². The van der Waals surface area contributed by atoms with Crippen molar-refractivity contribution in [2.24, 2.45) is 0 Å². The van der Waals surface area contributed by atoms with Crippen LogP contribution in [-0.2, 0) is 16.0 Å². The third kappa shape index (κ3) is 3.94. The lowest BCUT2D eigenvalue weighted by Crippen LogP contribution is -2.26. The molecule has 1 amide bonds. The lowest BCUT2D eigenvalue weighted by atomic mass is 9.86. The van der Waals surface area contributed by atoms with Crippen LogP contribution >= 0.6 is 11.6 Å². The second-order valence-electron chi connectivity index (χ2n) is 7.13. The average molecular weight is 421 g/mol. The van der Waals surface area contributed by atoms with E-state index >= 15 is 0 Å². The van der Waals surface area contributed by atoms with E-state index in [0.29, 0.717) is 10.6 Å². The van der Waals surface area contributed by atoms with E-state index in [1.54, 1.807) is 0 Å². The van der Waals surface area contributed by atoms with Crippen molar-refractivity contribution in [3.63, 3.8) is 0 Å². The molecule has 3 aromatic rings. The third-order valence-corrected chi connectivity index (χ3v) is 5.57. The van der Waals surface area contributed by atoms with E-state index in [9.17, 15) is 9.59 Å². The van der Waals surface area contributed by atoms with E-state index in [-0.39, 0.29) is 12.5 Å². The molecule has 0 spiro atoms. The number of pyridine rings is 1. The molecule has 0 radical (unpaired) electrons. The van der Waals surface area contributed by atoms with Gasteiger partial charge in [-0.1, -0.05) is 48.0 Å². The number of nitrogens with zero attached hydrogens (tertiary/aromatic N) is 1. The zero-order valence-electron chi connectivity index (χ0n) is 16.6. The molecule has 4 rings (SSSR count). The molecule has 2 aromatic carbocycles. The normalized spacial score (nSPS) is 14.4. The quantitative estimate of drug-likeness (QED) is 0.623. The molecule has 1 aliphatic carbocycles. The Balaban J connectivity index is 1.86. The summed E-state index contributed by atoms with van der Waals surface area (Å²) in [5, 5.41) is 3.86. The van der Waals surface area contributed by atoms with Crippen LogP contribution in [-0.4, -0.2) is 30.5 Å². The Morgan fingerprint density at radius 1 is 1.13 bits per heavy atom. The van der Waals surface area contributed by atoms with E-state index < -0.39 is 5.97 Å². The highest BCUT2D eigenvalue weighted by atomic mass is 35.5. The Bertz CT molecular complexity index is 1170. The summed E-state index contributed by atoms with van der Waals surface area (Å²) in [4.78, 5) is 29.4. The van der Waals surface area contributed by atoms with Gasteiger partial charge in [-0.2, -0.15) is 0 Å². The lowest BCUT2D eigenvalue weighted by molar-refractivity contribution is -0.123. The van der Waals surface area contributed by atoms with E-state index in [2.05, 4.69) is 5.32 Å². The molecule has 1 N–H and O–H groups in total. The minimum absolute atomic E-state index is 0.316. The number of hydrogen-bond acceptors (Lipinski definition) is 4. The Hall–Kier alpha value is -3.18. The molecule has 5 nitrogen and oxygen atoms in total. The van der Waals surface area contributed by atoms with E-state index in [1.165, 1.54) is 7.05 Å². The van der Waals surface area contributed by atoms with Crippen LogP contribution in [0, 0.1) is 0 Å². The summed E-state index contributed by atoms with van der Waals surface area (Å²) in [6.45, 7) is -0.316. The Morgan fingerprint density at radius 2 is 1.90 bits per heavy atom. The van der Waals surface area contributed by atoms with Crippen molar-refractivity contribution in [1.82, 2.24) is 10.3 Å². The van der Waals surface area contributed by atoms with Crippen LogP contribution in [0.2, 0.25) is 5.02 Å². The number of halogens is 1. The molecule has 0 aliphatic heterocycles. The van der Waals surface area contributed by atoms with Gasteiger partial charge in [-0.15, -0.1) is 0 Å². The van der Waals surface area contributed by atoms with Gasteiger partial charge in [0.25, 0.3) is 5.91 Å². The summed E-state index contributed by atoms with van der Waals surface area (Å²) in [5.74, 6) is -0.859. The Morgan fingerprint density at radius 3 is 2.70 bits per heavy atom. The molecule has 30 heavy (non-hydrogen) atoms. The minimum atomic E-state index is -0.507. The highest BCUT2D eigenvalue weighted by Gasteiger charge is 2.26. The molecule has 0 saturated carbocycles. The highest BCUT2D eigenvalue weighted by Crippen LogP contribution is 2.37. The second-order valence-corrected chi connectivity index (χ2v) is 7.53. The summed E-state index contributed by atoms with van der Waals surface area (Å²) in [5.41, 5.74) is 4.82. The maximum atomic E-state index is 13.0. The molecular formula is C24H21ClN2O3. The Labute approximate surface area is 179 Å². The maximum Gasteiger partial charge on any atom is 0.339 e. The topological polar surface area (TPSA) is 68.3 Å². The molecule has 1 aromatic heterocycles. The number of fused-ring (bicyclic) bond motifs is 2. The van der Waals surface area contributed by atoms with Crippen LogP contribution in [0.3, 0.4) is 0 Å². The zero-order chi connectivity index (χ0) is 21.1. The number of carbonyl (C=O) groups excluding carboxylic acids is 2. The predicted octanol–water partition coefficient (Wildman–Crippen LogP) is 4.67. The number of ether oxygens (including phenoxy) is 1. The van der Waals surface area contributed by atoms with Gasteiger partial charge in [-0.3, -0.25) is 4.79 Å². The van der Waals surface area contributed by atoms with Gasteiger partial charge in [0, 0.05) is 17.5 Å². The number of amides is 1. The molecular weight excluding hydrogens is 400 g/mol. The predicted molar refractivity (Wildman–Crippen MR) is 118 cm³/mol. The van der Waals surface area contributed by atoms with Crippen LogP contribution in [0.4, 0.5) is 0 Å². The summed E-state index contributed by atoms with van der Waals surface area (Å²) < 4.78 is 5.31. The number of esters is 1. The van der Waals surface area contributed by atoms with Gasteiger partial charge < -0.3 is 10.1 Å². The van der Waals surface area contributed by atoms with Crippen LogP contribution in [0.15, 0.2) is 48.5 Å². The number of hydrogen-bond donors (Lipinski definition) is 1. The number of carbonyl (C=O) groups is 2. The third-order valence-electron chi connectivity index (χ3n) is 5.22. The number of likely N-dealkylation sites (N-methyl/N-ethyl adjacent to an activating group) is 1. The molecule has 152 valence electrons.